The summed E-state index contributed by atoms with van der Waals surface area (Å²) in [5.41, 5.74) is 1.43. The number of benzene rings is 1. The van der Waals surface area contributed by atoms with Gasteiger partial charge in [-0.1, -0.05) is 24.3 Å². The third-order valence-electron chi connectivity index (χ3n) is 2.85. The van der Waals surface area contributed by atoms with E-state index in [0.29, 0.717) is 5.56 Å². The largest absolute Gasteiger partial charge is 0.508 e. The molecule has 2 N–H and O–H groups in total. The third kappa shape index (κ3) is 3.55. The van der Waals surface area contributed by atoms with E-state index in [1.54, 1.807) is 30.5 Å². The van der Waals surface area contributed by atoms with Crippen LogP contribution >= 0.6 is 0 Å². The highest BCUT2D eigenvalue weighted by Gasteiger charge is 2.12. The molecule has 1 amide bonds. The van der Waals surface area contributed by atoms with E-state index in [0.717, 1.165) is 5.69 Å². The number of aromatic hydroxyl groups is 1. The van der Waals surface area contributed by atoms with Gasteiger partial charge in [-0.3, -0.25) is 9.78 Å². The minimum absolute atomic E-state index is 0.139. The fraction of sp³-hybridized carbons (Fsp3) is 0.200. The van der Waals surface area contributed by atoms with Crippen LogP contribution in [0.15, 0.2) is 48.7 Å². The van der Waals surface area contributed by atoms with E-state index in [1.807, 2.05) is 25.1 Å². The van der Waals surface area contributed by atoms with Crippen LogP contribution in [0.5, 0.6) is 5.75 Å². The Labute approximate surface area is 112 Å². The van der Waals surface area contributed by atoms with Gasteiger partial charge < -0.3 is 10.4 Å². The van der Waals surface area contributed by atoms with Crippen LogP contribution in [0.1, 0.15) is 24.2 Å². The molecule has 1 unspecified atom stereocenters. The van der Waals surface area contributed by atoms with Crippen LogP contribution in [0.25, 0.3) is 0 Å². The van der Waals surface area contributed by atoms with Crippen LogP contribution in [-0.4, -0.2) is 16.0 Å². The second kappa shape index (κ2) is 6.00. The SMILES string of the molecule is CC(NC(=O)Cc1ccccc1O)c1ccccn1. The number of hydrogen-bond acceptors (Lipinski definition) is 3. The molecule has 0 aliphatic carbocycles. The third-order valence-corrected chi connectivity index (χ3v) is 2.85. The first-order valence-electron chi connectivity index (χ1n) is 6.14. The lowest BCUT2D eigenvalue weighted by atomic mass is 10.1. The van der Waals surface area contributed by atoms with E-state index in [4.69, 9.17) is 0 Å². The van der Waals surface area contributed by atoms with Gasteiger partial charge in [0.2, 0.25) is 5.91 Å². The summed E-state index contributed by atoms with van der Waals surface area (Å²) in [6, 6.07) is 12.3. The van der Waals surface area contributed by atoms with Crippen molar-refractivity contribution in [2.45, 2.75) is 19.4 Å². The number of rotatable bonds is 4. The molecule has 2 rings (SSSR count). The number of aromatic nitrogens is 1. The average Bonchev–Trinajstić information content (AvgIpc) is 2.42. The van der Waals surface area contributed by atoms with Crippen LogP contribution in [-0.2, 0) is 11.2 Å². The molecule has 4 nitrogen and oxygen atoms in total. The molecule has 19 heavy (non-hydrogen) atoms. The summed E-state index contributed by atoms with van der Waals surface area (Å²) in [5, 5.41) is 12.5. The van der Waals surface area contributed by atoms with Gasteiger partial charge in [0.25, 0.3) is 0 Å². The summed E-state index contributed by atoms with van der Waals surface area (Å²) in [4.78, 5) is 16.1. The highest BCUT2D eigenvalue weighted by atomic mass is 16.3. The molecular formula is C15H16N2O2. The zero-order valence-corrected chi connectivity index (χ0v) is 10.7. The fourth-order valence-electron chi connectivity index (χ4n) is 1.83. The molecule has 98 valence electrons. The van der Waals surface area contributed by atoms with Crippen molar-refractivity contribution in [2.75, 3.05) is 0 Å². The molecule has 2 aromatic rings. The monoisotopic (exact) mass is 256 g/mol. The lowest BCUT2D eigenvalue weighted by Crippen LogP contribution is -2.28. The van der Waals surface area contributed by atoms with Crippen LogP contribution in [0.3, 0.4) is 0 Å². The van der Waals surface area contributed by atoms with Crippen molar-refractivity contribution in [1.82, 2.24) is 10.3 Å². The second-order valence-electron chi connectivity index (χ2n) is 4.35. The zero-order chi connectivity index (χ0) is 13.7. The van der Waals surface area contributed by atoms with Crippen LogP contribution in [0, 0.1) is 0 Å². The van der Waals surface area contributed by atoms with Crippen molar-refractivity contribution in [1.29, 1.82) is 0 Å². The molecule has 1 aromatic heterocycles. The Morgan fingerprint density at radius 2 is 2.00 bits per heavy atom. The van der Waals surface area contributed by atoms with Gasteiger partial charge in [0.1, 0.15) is 5.75 Å². The summed E-state index contributed by atoms with van der Waals surface area (Å²) in [5.74, 6) is 0.00259. The number of nitrogens with zero attached hydrogens (tertiary/aromatic N) is 1. The lowest BCUT2D eigenvalue weighted by Gasteiger charge is -2.13. The minimum Gasteiger partial charge on any atom is -0.508 e. The van der Waals surface area contributed by atoms with E-state index < -0.39 is 0 Å². The van der Waals surface area contributed by atoms with E-state index in [-0.39, 0.29) is 24.1 Å². The predicted molar refractivity (Wildman–Crippen MR) is 72.6 cm³/mol. The summed E-state index contributed by atoms with van der Waals surface area (Å²) in [6.07, 6.45) is 1.85. The number of carbonyl (C=O) groups is 1. The predicted octanol–water partition coefficient (Wildman–Crippen LogP) is 2.21. The summed E-state index contributed by atoms with van der Waals surface area (Å²) >= 11 is 0. The standard InChI is InChI=1S/C15H16N2O2/c1-11(13-7-4-5-9-16-13)17-15(19)10-12-6-2-3-8-14(12)18/h2-9,11,18H,10H2,1H3,(H,17,19). The summed E-state index contributed by atoms with van der Waals surface area (Å²) in [6.45, 7) is 1.88. The number of para-hydroxylation sites is 1. The Morgan fingerprint density at radius 1 is 1.26 bits per heavy atom. The number of hydrogen-bond donors (Lipinski definition) is 2. The number of phenols is 1. The molecule has 0 radical (unpaired) electrons. The molecule has 1 heterocycles. The first-order valence-corrected chi connectivity index (χ1v) is 6.14. The quantitative estimate of drug-likeness (QED) is 0.881. The molecular weight excluding hydrogens is 240 g/mol. The highest BCUT2D eigenvalue weighted by Crippen LogP contribution is 2.16. The van der Waals surface area contributed by atoms with Crippen molar-refractivity contribution in [3.05, 3.63) is 59.9 Å². The van der Waals surface area contributed by atoms with Crippen LogP contribution in [0.2, 0.25) is 0 Å². The van der Waals surface area contributed by atoms with Crippen molar-refractivity contribution in [3.63, 3.8) is 0 Å². The van der Waals surface area contributed by atoms with Gasteiger partial charge in [0.05, 0.1) is 18.2 Å². The van der Waals surface area contributed by atoms with Crippen LogP contribution < -0.4 is 5.32 Å². The highest BCUT2D eigenvalue weighted by molar-refractivity contribution is 5.79. The molecule has 0 saturated heterocycles. The van der Waals surface area contributed by atoms with Gasteiger partial charge in [-0.25, -0.2) is 0 Å². The molecule has 4 heteroatoms. The Hall–Kier alpha value is -2.36. The molecule has 1 atom stereocenters. The van der Waals surface area contributed by atoms with Crippen molar-refractivity contribution in [2.24, 2.45) is 0 Å². The van der Waals surface area contributed by atoms with Gasteiger partial charge in [0, 0.05) is 11.8 Å². The Balaban J connectivity index is 1.97. The molecule has 1 aromatic carbocycles. The molecule has 0 bridgehead atoms. The maximum atomic E-state index is 11.9. The van der Waals surface area contributed by atoms with E-state index in [1.165, 1.54) is 0 Å². The Morgan fingerprint density at radius 3 is 2.68 bits per heavy atom. The van der Waals surface area contributed by atoms with Crippen molar-refractivity contribution >= 4 is 5.91 Å². The zero-order valence-electron chi connectivity index (χ0n) is 10.7. The Kier molecular flexibility index (Phi) is 4.13. The molecule has 0 aliphatic rings. The minimum atomic E-state index is -0.153. The van der Waals surface area contributed by atoms with E-state index in [2.05, 4.69) is 10.3 Å². The fourth-order valence-corrected chi connectivity index (χ4v) is 1.83. The normalized spacial score (nSPS) is 11.8. The molecule has 0 saturated carbocycles. The maximum absolute atomic E-state index is 11.9. The molecule has 0 spiro atoms. The summed E-state index contributed by atoms with van der Waals surface area (Å²) < 4.78 is 0. The number of carbonyl (C=O) groups excluding carboxylic acids is 1. The number of amides is 1. The van der Waals surface area contributed by atoms with Crippen molar-refractivity contribution < 1.29 is 9.90 Å². The van der Waals surface area contributed by atoms with Crippen molar-refractivity contribution in [3.8, 4) is 5.75 Å². The first kappa shape index (κ1) is 13.1. The number of nitrogens with one attached hydrogen (secondary N) is 1. The Bertz CT molecular complexity index is 555. The van der Waals surface area contributed by atoms with Crippen LogP contribution in [0.4, 0.5) is 0 Å². The van der Waals surface area contributed by atoms with E-state index in [9.17, 15) is 9.90 Å². The first-order chi connectivity index (χ1) is 9.16. The second-order valence-corrected chi connectivity index (χ2v) is 4.35. The number of pyridine rings is 1. The van der Waals surface area contributed by atoms with E-state index >= 15 is 0 Å². The van der Waals surface area contributed by atoms with Gasteiger partial charge >= 0.3 is 0 Å². The van der Waals surface area contributed by atoms with Gasteiger partial charge in [-0.15, -0.1) is 0 Å². The molecule has 0 fully saturated rings. The van der Waals surface area contributed by atoms with Gasteiger partial charge in [0.15, 0.2) is 0 Å². The smallest absolute Gasteiger partial charge is 0.225 e. The lowest BCUT2D eigenvalue weighted by molar-refractivity contribution is -0.121. The number of phenolic OH excluding ortho intramolecular Hbond substituents is 1. The van der Waals surface area contributed by atoms with Gasteiger partial charge in [-0.05, 0) is 25.1 Å². The van der Waals surface area contributed by atoms with Gasteiger partial charge in [-0.2, -0.15) is 0 Å². The average molecular weight is 256 g/mol. The molecule has 0 aliphatic heterocycles. The maximum Gasteiger partial charge on any atom is 0.225 e. The summed E-state index contributed by atoms with van der Waals surface area (Å²) in [7, 11) is 0. The topological polar surface area (TPSA) is 62.2 Å².